The van der Waals surface area contributed by atoms with Gasteiger partial charge >= 0.3 is 5.97 Å². The number of hydrogen-bond acceptors (Lipinski definition) is 6. The van der Waals surface area contributed by atoms with Crippen LogP contribution in [0.1, 0.15) is 41.9 Å². The van der Waals surface area contributed by atoms with E-state index in [0.717, 1.165) is 55.6 Å². The fourth-order valence-electron chi connectivity index (χ4n) is 3.79. The number of rotatable bonds is 7. The number of aromatic nitrogens is 2. The van der Waals surface area contributed by atoms with Crippen molar-refractivity contribution in [3.05, 3.63) is 29.6 Å². The van der Waals surface area contributed by atoms with E-state index in [0.29, 0.717) is 24.6 Å². The van der Waals surface area contributed by atoms with Crippen molar-refractivity contribution in [2.75, 3.05) is 26.7 Å². The van der Waals surface area contributed by atoms with Gasteiger partial charge in [-0.1, -0.05) is 0 Å². The number of piperidine rings is 1. The lowest BCUT2D eigenvalue weighted by Crippen LogP contribution is -2.41. The summed E-state index contributed by atoms with van der Waals surface area (Å²) in [6.45, 7) is 3.00. The van der Waals surface area contributed by atoms with Gasteiger partial charge < -0.3 is 9.72 Å². The number of carbonyl (C=O) groups excluding carboxylic acids is 1. The van der Waals surface area contributed by atoms with Crippen molar-refractivity contribution in [2.45, 2.75) is 37.5 Å². The zero-order valence-electron chi connectivity index (χ0n) is 16.0. The zero-order chi connectivity index (χ0) is 19.7. The maximum Gasteiger partial charge on any atom is 0.337 e. The number of esters is 1. The van der Waals surface area contributed by atoms with Crippen molar-refractivity contribution < 1.29 is 17.9 Å². The van der Waals surface area contributed by atoms with Crippen molar-refractivity contribution in [1.82, 2.24) is 19.6 Å². The van der Waals surface area contributed by atoms with E-state index in [2.05, 4.69) is 19.6 Å². The van der Waals surface area contributed by atoms with Gasteiger partial charge in [0.25, 0.3) is 0 Å². The maximum absolute atomic E-state index is 12.0. The normalized spacial score (nSPS) is 21.1. The second-order valence-corrected chi connectivity index (χ2v) is 9.79. The van der Waals surface area contributed by atoms with Crippen LogP contribution in [0, 0.1) is 5.92 Å². The zero-order valence-corrected chi connectivity index (χ0v) is 16.8. The predicted octanol–water partition coefficient (Wildman–Crippen LogP) is 1.64. The number of likely N-dealkylation sites (tertiary alicyclic amines) is 1. The maximum atomic E-state index is 12.0. The molecule has 9 heteroatoms. The van der Waals surface area contributed by atoms with Crippen LogP contribution in [0.15, 0.2) is 18.2 Å². The van der Waals surface area contributed by atoms with Gasteiger partial charge in [-0.3, -0.25) is 4.90 Å². The Morgan fingerprint density at radius 3 is 2.93 bits per heavy atom. The number of carbonyl (C=O) groups is 1. The largest absolute Gasteiger partial charge is 0.465 e. The van der Waals surface area contributed by atoms with E-state index in [1.54, 1.807) is 12.1 Å². The summed E-state index contributed by atoms with van der Waals surface area (Å²) in [5, 5.41) is -0.169. The molecule has 0 bridgehead atoms. The molecule has 2 aliphatic rings. The average Bonchev–Trinajstić information content (AvgIpc) is 3.47. The van der Waals surface area contributed by atoms with Gasteiger partial charge in [0.15, 0.2) is 0 Å². The predicted molar refractivity (Wildman–Crippen MR) is 105 cm³/mol. The molecule has 1 aliphatic carbocycles. The van der Waals surface area contributed by atoms with Crippen LogP contribution in [-0.4, -0.2) is 61.2 Å². The SMILES string of the molecule is COC(=O)c1ccc2nc(CN3CCCC(CNS(=O)(=O)C4CC4)C3)[nH]c2c1. The molecule has 0 amide bonds. The van der Waals surface area contributed by atoms with Gasteiger partial charge in [-0.15, -0.1) is 0 Å². The van der Waals surface area contributed by atoms with Crippen molar-refractivity contribution >= 4 is 27.0 Å². The summed E-state index contributed by atoms with van der Waals surface area (Å²) in [7, 11) is -1.75. The summed E-state index contributed by atoms with van der Waals surface area (Å²) < 4.78 is 31.6. The minimum atomic E-state index is -3.12. The Balaban J connectivity index is 1.37. The highest BCUT2D eigenvalue weighted by Gasteiger charge is 2.36. The molecule has 0 radical (unpaired) electrons. The number of benzene rings is 1. The van der Waals surface area contributed by atoms with Crippen LogP contribution in [0.3, 0.4) is 0 Å². The van der Waals surface area contributed by atoms with E-state index in [4.69, 9.17) is 4.74 Å². The third-order valence-corrected chi connectivity index (χ3v) is 7.38. The van der Waals surface area contributed by atoms with Crippen LogP contribution >= 0.6 is 0 Å². The van der Waals surface area contributed by atoms with Crippen molar-refractivity contribution in [1.29, 1.82) is 0 Å². The highest BCUT2D eigenvalue weighted by atomic mass is 32.2. The first-order valence-electron chi connectivity index (χ1n) is 9.72. The van der Waals surface area contributed by atoms with Gasteiger partial charge in [0.05, 0.1) is 35.5 Å². The number of sulfonamides is 1. The fraction of sp³-hybridized carbons (Fsp3) is 0.579. The van der Waals surface area contributed by atoms with Gasteiger partial charge in [-0.25, -0.2) is 22.9 Å². The molecule has 1 saturated heterocycles. The molecule has 2 fully saturated rings. The first kappa shape index (κ1) is 19.4. The molecule has 28 heavy (non-hydrogen) atoms. The van der Waals surface area contributed by atoms with Gasteiger partial charge in [0, 0.05) is 13.1 Å². The van der Waals surface area contributed by atoms with Crippen LogP contribution in [-0.2, 0) is 21.3 Å². The minimum Gasteiger partial charge on any atom is -0.465 e. The summed E-state index contributed by atoms with van der Waals surface area (Å²) in [5.41, 5.74) is 2.11. The van der Waals surface area contributed by atoms with Crippen molar-refractivity contribution in [3.63, 3.8) is 0 Å². The Labute approximate surface area is 164 Å². The first-order valence-corrected chi connectivity index (χ1v) is 11.3. The monoisotopic (exact) mass is 406 g/mol. The summed E-state index contributed by atoms with van der Waals surface area (Å²) in [6, 6.07) is 5.28. The van der Waals surface area contributed by atoms with E-state index in [9.17, 15) is 13.2 Å². The topological polar surface area (TPSA) is 104 Å². The Morgan fingerprint density at radius 2 is 2.18 bits per heavy atom. The fourth-order valence-corrected chi connectivity index (χ4v) is 5.25. The van der Waals surface area contributed by atoms with Gasteiger partial charge in [-0.05, 0) is 56.3 Å². The summed E-state index contributed by atoms with van der Waals surface area (Å²) in [5.74, 6) is 0.791. The number of imidazole rings is 1. The highest BCUT2D eigenvalue weighted by Crippen LogP contribution is 2.28. The average molecular weight is 407 g/mol. The first-order chi connectivity index (χ1) is 13.4. The second kappa shape index (κ2) is 7.81. The second-order valence-electron chi connectivity index (χ2n) is 7.74. The molecule has 2 aromatic rings. The highest BCUT2D eigenvalue weighted by molar-refractivity contribution is 7.90. The molecule has 4 rings (SSSR count). The number of nitrogens with zero attached hydrogens (tertiary/aromatic N) is 2. The molecule has 2 heterocycles. The number of H-pyrrole nitrogens is 1. The molecule has 1 unspecified atom stereocenters. The number of ether oxygens (including phenoxy) is 1. The van der Waals surface area contributed by atoms with Gasteiger partial charge in [0.1, 0.15) is 5.82 Å². The Morgan fingerprint density at radius 1 is 1.36 bits per heavy atom. The Kier molecular flexibility index (Phi) is 5.39. The van der Waals surface area contributed by atoms with Crippen LogP contribution < -0.4 is 4.72 Å². The number of nitrogens with one attached hydrogen (secondary N) is 2. The van der Waals surface area contributed by atoms with E-state index in [-0.39, 0.29) is 11.2 Å². The molecule has 1 saturated carbocycles. The molecular weight excluding hydrogens is 380 g/mol. The summed E-state index contributed by atoms with van der Waals surface area (Å²) >= 11 is 0. The molecule has 1 aromatic carbocycles. The molecule has 8 nitrogen and oxygen atoms in total. The molecular formula is C19H26N4O4S. The van der Waals surface area contributed by atoms with Crippen molar-refractivity contribution in [2.24, 2.45) is 5.92 Å². The van der Waals surface area contributed by atoms with E-state index in [1.807, 2.05) is 6.07 Å². The van der Waals surface area contributed by atoms with Crippen LogP contribution in [0.2, 0.25) is 0 Å². The summed E-state index contributed by atoms with van der Waals surface area (Å²) in [6.07, 6.45) is 3.65. The summed E-state index contributed by atoms with van der Waals surface area (Å²) in [4.78, 5) is 21.9. The van der Waals surface area contributed by atoms with Gasteiger partial charge in [-0.2, -0.15) is 0 Å². The Bertz CT molecular complexity index is 967. The molecule has 1 aliphatic heterocycles. The van der Waals surface area contributed by atoms with E-state index in [1.165, 1.54) is 7.11 Å². The number of hydrogen-bond donors (Lipinski definition) is 2. The Hall–Kier alpha value is -1.97. The molecule has 152 valence electrons. The third-order valence-electron chi connectivity index (χ3n) is 5.46. The minimum absolute atomic E-state index is 0.169. The number of methoxy groups -OCH3 is 1. The molecule has 1 aromatic heterocycles. The molecule has 2 N–H and O–H groups in total. The van der Waals surface area contributed by atoms with Crippen LogP contribution in [0.25, 0.3) is 11.0 Å². The lowest BCUT2D eigenvalue weighted by Gasteiger charge is -2.32. The lowest BCUT2D eigenvalue weighted by atomic mass is 9.98. The molecule has 0 spiro atoms. The van der Waals surface area contributed by atoms with Crippen LogP contribution in [0.4, 0.5) is 0 Å². The third kappa shape index (κ3) is 4.37. The number of fused-ring (bicyclic) bond motifs is 1. The number of aromatic amines is 1. The quantitative estimate of drug-likeness (QED) is 0.678. The van der Waals surface area contributed by atoms with E-state index < -0.39 is 10.0 Å². The standard InChI is InChI=1S/C19H26N4O4S/c1-27-19(24)14-4-7-16-17(9-14)22-18(21-16)12-23-8-2-3-13(11-23)10-20-28(25,26)15-5-6-15/h4,7,9,13,15,20H,2-3,5-6,8,10-12H2,1H3,(H,21,22). The smallest absolute Gasteiger partial charge is 0.337 e. The van der Waals surface area contributed by atoms with E-state index >= 15 is 0 Å². The molecule has 1 atom stereocenters. The van der Waals surface area contributed by atoms with Gasteiger partial charge in [0.2, 0.25) is 10.0 Å². The van der Waals surface area contributed by atoms with Crippen molar-refractivity contribution in [3.8, 4) is 0 Å². The lowest BCUT2D eigenvalue weighted by molar-refractivity contribution is 0.0601. The van der Waals surface area contributed by atoms with Crippen LogP contribution in [0.5, 0.6) is 0 Å².